The van der Waals surface area contributed by atoms with E-state index in [0.29, 0.717) is 5.69 Å². The predicted molar refractivity (Wildman–Crippen MR) is 155 cm³/mol. The number of hydrogen-bond acceptors (Lipinski definition) is 6. The summed E-state index contributed by atoms with van der Waals surface area (Å²) >= 11 is 0. The lowest BCUT2D eigenvalue weighted by Crippen LogP contribution is -2.29. The van der Waals surface area contributed by atoms with E-state index in [-0.39, 0.29) is 50.1 Å². The van der Waals surface area contributed by atoms with E-state index in [0.717, 1.165) is 34.4 Å². The number of nitrogens with one attached hydrogen (secondary N) is 2. The number of alkyl halides is 3. The van der Waals surface area contributed by atoms with E-state index in [9.17, 15) is 22.8 Å². The average Bonchev–Trinajstić information content (AvgIpc) is 3.33. The van der Waals surface area contributed by atoms with Crippen LogP contribution in [0.5, 0.6) is 0 Å². The molecule has 5 rings (SSSR count). The summed E-state index contributed by atoms with van der Waals surface area (Å²) in [6.45, 7) is 0.619. The molecule has 0 unspecified atom stereocenters. The van der Waals surface area contributed by atoms with Gasteiger partial charge in [-0.3, -0.25) is 0 Å². The largest absolute Gasteiger partial charge is 0.460 e. The molecule has 0 aromatic heterocycles. The van der Waals surface area contributed by atoms with Gasteiger partial charge in [-0.05, 0) is 52.6 Å². The van der Waals surface area contributed by atoms with Crippen LogP contribution in [0, 0.1) is 0 Å². The van der Waals surface area contributed by atoms with Crippen LogP contribution in [0.4, 0.5) is 29.3 Å². The smallest absolute Gasteiger partial charge is 0.416 e. The number of hydrogen-bond donors (Lipinski definition) is 2. The zero-order valence-corrected chi connectivity index (χ0v) is 23.0. The van der Waals surface area contributed by atoms with Gasteiger partial charge >= 0.3 is 18.2 Å². The monoisotopic (exact) mass is 590 g/mol. The highest BCUT2D eigenvalue weighted by Crippen LogP contribution is 2.44. The predicted octanol–water partition coefficient (Wildman–Crippen LogP) is 7.16. The molecule has 222 valence electrons. The van der Waals surface area contributed by atoms with Crippen LogP contribution >= 0.6 is 0 Å². The first-order valence-electron chi connectivity index (χ1n) is 13.7. The molecule has 0 atom stereocenters. The Kier molecular flexibility index (Phi) is 9.26. The zero-order chi connectivity index (χ0) is 30.2. The SMILES string of the molecule is O=C(NCCOCCOC(=O)c1ccccc1Nc1cccc(C(F)(F)F)c1)OCC1c2ccccc2-c2ccccc21. The number of ether oxygens (including phenoxy) is 3. The molecule has 1 aliphatic rings. The molecule has 1 amide bonds. The third kappa shape index (κ3) is 7.34. The van der Waals surface area contributed by atoms with Crippen LogP contribution < -0.4 is 10.6 Å². The van der Waals surface area contributed by atoms with Crippen molar-refractivity contribution in [2.45, 2.75) is 12.1 Å². The minimum atomic E-state index is -4.48. The molecule has 0 fully saturated rings. The van der Waals surface area contributed by atoms with Gasteiger partial charge in [0.15, 0.2) is 0 Å². The Morgan fingerprint density at radius 3 is 2.14 bits per heavy atom. The van der Waals surface area contributed by atoms with Crippen molar-refractivity contribution in [1.82, 2.24) is 5.32 Å². The van der Waals surface area contributed by atoms with Crippen LogP contribution in [0.15, 0.2) is 97.1 Å². The summed E-state index contributed by atoms with van der Waals surface area (Å²) < 4.78 is 55.3. The zero-order valence-electron chi connectivity index (χ0n) is 23.0. The second kappa shape index (κ2) is 13.4. The molecular formula is C33H29F3N2O5. The van der Waals surface area contributed by atoms with Crippen molar-refractivity contribution >= 4 is 23.4 Å². The number of carbonyl (C=O) groups excluding carboxylic acids is 2. The maximum atomic E-state index is 13.0. The number of esters is 1. The molecule has 0 bridgehead atoms. The van der Waals surface area contributed by atoms with Crippen molar-refractivity contribution in [1.29, 1.82) is 0 Å². The van der Waals surface area contributed by atoms with Gasteiger partial charge < -0.3 is 24.8 Å². The normalized spacial score (nSPS) is 12.3. The average molecular weight is 591 g/mol. The van der Waals surface area contributed by atoms with Crippen LogP contribution in [0.1, 0.15) is 33.0 Å². The maximum Gasteiger partial charge on any atom is 0.416 e. The highest BCUT2D eigenvalue weighted by Gasteiger charge is 2.31. The molecule has 0 aliphatic heterocycles. The number of fused-ring (bicyclic) bond motifs is 3. The Morgan fingerprint density at radius 2 is 1.42 bits per heavy atom. The number of para-hydroxylation sites is 1. The first kappa shape index (κ1) is 29.7. The maximum absolute atomic E-state index is 13.0. The molecule has 10 heteroatoms. The molecule has 43 heavy (non-hydrogen) atoms. The summed E-state index contributed by atoms with van der Waals surface area (Å²) in [5.41, 5.74) is 4.40. The summed E-state index contributed by atoms with van der Waals surface area (Å²) in [5, 5.41) is 5.50. The van der Waals surface area contributed by atoms with Crippen molar-refractivity contribution in [3.8, 4) is 11.1 Å². The highest BCUT2D eigenvalue weighted by molar-refractivity contribution is 5.96. The van der Waals surface area contributed by atoms with Crippen molar-refractivity contribution in [3.63, 3.8) is 0 Å². The molecule has 7 nitrogen and oxygen atoms in total. The van der Waals surface area contributed by atoms with Gasteiger partial charge in [0, 0.05) is 18.2 Å². The first-order chi connectivity index (χ1) is 20.8. The van der Waals surface area contributed by atoms with E-state index in [2.05, 4.69) is 22.8 Å². The van der Waals surface area contributed by atoms with Crippen molar-refractivity contribution in [2.75, 3.05) is 38.3 Å². The van der Waals surface area contributed by atoms with Gasteiger partial charge in [0.1, 0.15) is 13.2 Å². The van der Waals surface area contributed by atoms with E-state index in [1.807, 2.05) is 36.4 Å². The van der Waals surface area contributed by atoms with Gasteiger partial charge in [-0.15, -0.1) is 0 Å². The lowest BCUT2D eigenvalue weighted by Gasteiger charge is -2.15. The van der Waals surface area contributed by atoms with Crippen LogP contribution in [-0.4, -0.2) is 45.0 Å². The Balaban J connectivity index is 1.01. The lowest BCUT2D eigenvalue weighted by molar-refractivity contribution is -0.137. The fraction of sp³-hybridized carbons (Fsp3) is 0.212. The molecule has 0 heterocycles. The summed E-state index contributed by atoms with van der Waals surface area (Å²) in [6, 6.07) is 27.2. The lowest BCUT2D eigenvalue weighted by atomic mass is 9.98. The van der Waals surface area contributed by atoms with Crippen LogP contribution in [0.2, 0.25) is 0 Å². The number of benzene rings is 4. The molecule has 0 radical (unpaired) electrons. The van der Waals surface area contributed by atoms with Gasteiger partial charge in [0.05, 0.1) is 30.0 Å². The van der Waals surface area contributed by atoms with Gasteiger partial charge in [0.25, 0.3) is 0 Å². The fourth-order valence-electron chi connectivity index (χ4n) is 4.95. The molecule has 0 spiro atoms. The van der Waals surface area contributed by atoms with Crippen molar-refractivity contribution in [3.05, 3.63) is 119 Å². The molecule has 4 aromatic carbocycles. The van der Waals surface area contributed by atoms with Gasteiger partial charge in [-0.2, -0.15) is 13.2 Å². The summed E-state index contributed by atoms with van der Waals surface area (Å²) in [7, 11) is 0. The minimum absolute atomic E-state index is 0.0329. The fourth-order valence-corrected chi connectivity index (χ4v) is 4.95. The quantitative estimate of drug-likeness (QED) is 0.142. The van der Waals surface area contributed by atoms with E-state index in [1.54, 1.807) is 18.2 Å². The summed E-state index contributed by atoms with van der Waals surface area (Å²) in [5.74, 6) is -0.690. The van der Waals surface area contributed by atoms with E-state index in [1.165, 1.54) is 18.2 Å². The number of alkyl carbamates (subject to hydrolysis) is 1. The number of halogens is 3. The third-order valence-electron chi connectivity index (χ3n) is 6.94. The Bertz CT molecular complexity index is 1550. The number of rotatable bonds is 11. The third-order valence-corrected chi connectivity index (χ3v) is 6.94. The van der Waals surface area contributed by atoms with Crippen LogP contribution in [-0.2, 0) is 20.4 Å². The highest BCUT2D eigenvalue weighted by atomic mass is 19.4. The van der Waals surface area contributed by atoms with Crippen molar-refractivity contribution in [2.24, 2.45) is 0 Å². The molecule has 0 saturated carbocycles. The summed E-state index contributed by atoms with van der Waals surface area (Å²) in [4.78, 5) is 24.9. The Labute approximate surface area is 246 Å². The second-order valence-corrected chi connectivity index (χ2v) is 9.75. The first-order valence-corrected chi connectivity index (χ1v) is 13.7. The second-order valence-electron chi connectivity index (χ2n) is 9.75. The van der Waals surface area contributed by atoms with Crippen LogP contribution in [0.25, 0.3) is 11.1 Å². The Hall–Kier alpha value is -4.83. The van der Waals surface area contributed by atoms with Gasteiger partial charge in [-0.25, -0.2) is 9.59 Å². The number of anilines is 2. The summed E-state index contributed by atoms with van der Waals surface area (Å²) in [6.07, 6.45) is -5.04. The Morgan fingerprint density at radius 1 is 0.744 bits per heavy atom. The number of carbonyl (C=O) groups is 2. The number of amides is 1. The standard InChI is InChI=1S/C33H29F3N2O5/c34-33(35,36)22-8-7-9-23(20-22)38-30-15-6-5-14-28(30)31(39)42-19-18-41-17-16-37-32(40)43-21-29-26-12-3-1-10-24(26)25-11-2-4-13-27(25)29/h1-15,20,29,38H,16-19,21H2,(H,37,40). The van der Waals surface area contributed by atoms with Gasteiger partial charge in [-0.1, -0.05) is 66.7 Å². The van der Waals surface area contributed by atoms with Crippen LogP contribution in [0.3, 0.4) is 0 Å². The minimum Gasteiger partial charge on any atom is -0.460 e. The molecule has 1 aliphatic carbocycles. The molecule has 0 saturated heterocycles. The van der Waals surface area contributed by atoms with Gasteiger partial charge in [0.2, 0.25) is 0 Å². The molecule has 4 aromatic rings. The van der Waals surface area contributed by atoms with Crippen molar-refractivity contribution < 1.29 is 37.0 Å². The van der Waals surface area contributed by atoms with E-state index in [4.69, 9.17) is 14.2 Å². The topological polar surface area (TPSA) is 85.9 Å². The molecular weight excluding hydrogens is 561 g/mol. The molecule has 2 N–H and O–H groups in total. The van der Waals surface area contributed by atoms with E-state index >= 15 is 0 Å². The van der Waals surface area contributed by atoms with E-state index < -0.39 is 23.8 Å².